The van der Waals surface area contributed by atoms with Gasteiger partial charge in [-0.05, 0) is 25.2 Å². The highest BCUT2D eigenvalue weighted by atomic mass is 16.6. The highest BCUT2D eigenvalue weighted by molar-refractivity contribution is 5.91. The van der Waals surface area contributed by atoms with Gasteiger partial charge in [0.2, 0.25) is 6.54 Å². The molecule has 0 saturated carbocycles. The zero-order chi connectivity index (χ0) is 13.1. The number of methoxy groups -OCH3 is 1. The molecule has 2 aliphatic rings. The number of hydrogen-bond acceptors (Lipinski definition) is 4. The number of allylic oxidation sites excluding steroid dienone is 3. The molecule has 0 N–H and O–H groups in total. The van der Waals surface area contributed by atoms with E-state index in [4.69, 9.17) is 4.74 Å². The van der Waals surface area contributed by atoms with Gasteiger partial charge in [-0.1, -0.05) is 17.7 Å². The molecule has 2 atom stereocenters. The second kappa shape index (κ2) is 5.33. The van der Waals surface area contributed by atoms with Gasteiger partial charge in [-0.3, -0.25) is 10.1 Å². The van der Waals surface area contributed by atoms with Gasteiger partial charge in [-0.25, -0.2) is 4.79 Å². The predicted octanol–water partition coefficient (Wildman–Crippen LogP) is 2.11. The molecule has 0 heterocycles. The molecule has 0 amide bonds. The van der Waals surface area contributed by atoms with Crippen molar-refractivity contribution in [3.8, 4) is 0 Å². The van der Waals surface area contributed by atoms with E-state index in [1.165, 1.54) is 7.11 Å². The molecule has 2 aliphatic carbocycles. The number of hydrogen-bond donors (Lipinski definition) is 0. The Labute approximate surface area is 106 Å². The van der Waals surface area contributed by atoms with Crippen LogP contribution in [0.5, 0.6) is 0 Å². The lowest BCUT2D eigenvalue weighted by Gasteiger charge is -2.14. The zero-order valence-corrected chi connectivity index (χ0v) is 10.4. The molecule has 0 unspecified atom stereocenters. The molecule has 5 heteroatoms. The molecule has 5 nitrogen and oxygen atoms in total. The standard InChI is InChI=1S/C13H17NO4/c1-18-13(15)12-10-6-5-9(8-10)11(12)4-2-3-7-14(16)17/h5-6,9-10H,2-4,7-8H2,1H3/t9-,10+/m1/s1. The minimum absolute atomic E-state index is 0.00473. The van der Waals surface area contributed by atoms with Gasteiger partial charge in [0.05, 0.1) is 7.11 Å². The fourth-order valence-corrected chi connectivity index (χ4v) is 2.88. The highest BCUT2D eigenvalue weighted by Gasteiger charge is 2.38. The molecular weight excluding hydrogens is 234 g/mol. The third-order valence-electron chi connectivity index (χ3n) is 3.69. The number of nitrogens with zero attached hydrogens (tertiary/aromatic N) is 1. The van der Waals surface area contributed by atoms with Crippen molar-refractivity contribution >= 4 is 5.97 Å². The average Bonchev–Trinajstić information content (AvgIpc) is 2.93. The first kappa shape index (κ1) is 12.8. The molecule has 0 fully saturated rings. The van der Waals surface area contributed by atoms with E-state index in [0.29, 0.717) is 12.3 Å². The van der Waals surface area contributed by atoms with E-state index in [1.54, 1.807) is 0 Å². The predicted molar refractivity (Wildman–Crippen MR) is 65.5 cm³/mol. The summed E-state index contributed by atoms with van der Waals surface area (Å²) in [6, 6.07) is 0. The van der Waals surface area contributed by atoms with Gasteiger partial charge in [-0.15, -0.1) is 0 Å². The number of carbonyl (C=O) groups excluding carboxylic acids is 1. The Morgan fingerprint density at radius 1 is 1.44 bits per heavy atom. The van der Waals surface area contributed by atoms with E-state index in [2.05, 4.69) is 12.2 Å². The third-order valence-corrected chi connectivity index (χ3v) is 3.69. The quantitative estimate of drug-likeness (QED) is 0.238. The first-order valence-corrected chi connectivity index (χ1v) is 6.25. The lowest BCUT2D eigenvalue weighted by Crippen LogP contribution is -2.12. The van der Waals surface area contributed by atoms with Crippen LogP contribution in [0.2, 0.25) is 0 Å². The number of ether oxygens (including phenoxy) is 1. The van der Waals surface area contributed by atoms with Gasteiger partial charge < -0.3 is 4.74 Å². The van der Waals surface area contributed by atoms with E-state index in [-0.39, 0.29) is 23.4 Å². The first-order valence-electron chi connectivity index (χ1n) is 6.25. The van der Waals surface area contributed by atoms with Crippen molar-refractivity contribution in [2.24, 2.45) is 11.8 Å². The molecular formula is C13H17NO4. The molecule has 0 aromatic carbocycles. The van der Waals surface area contributed by atoms with Crippen LogP contribution in [0.4, 0.5) is 0 Å². The summed E-state index contributed by atoms with van der Waals surface area (Å²) >= 11 is 0. The Morgan fingerprint density at radius 2 is 2.17 bits per heavy atom. The van der Waals surface area contributed by atoms with E-state index in [1.807, 2.05) is 0 Å². The highest BCUT2D eigenvalue weighted by Crippen LogP contribution is 2.45. The van der Waals surface area contributed by atoms with Crippen molar-refractivity contribution < 1.29 is 14.5 Å². The number of esters is 1. The summed E-state index contributed by atoms with van der Waals surface area (Å²) in [6.45, 7) is 0.00473. The van der Waals surface area contributed by atoms with E-state index >= 15 is 0 Å². The topological polar surface area (TPSA) is 69.4 Å². The Morgan fingerprint density at radius 3 is 2.83 bits per heavy atom. The number of carbonyl (C=O) groups is 1. The molecule has 98 valence electrons. The van der Waals surface area contributed by atoms with Gasteiger partial charge in [0.25, 0.3) is 0 Å². The van der Waals surface area contributed by atoms with Gasteiger partial charge in [0, 0.05) is 22.8 Å². The lowest BCUT2D eigenvalue weighted by atomic mass is 9.93. The number of fused-ring (bicyclic) bond motifs is 2. The number of nitro groups is 1. The summed E-state index contributed by atoms with van der Waals surface area (Å²) in [6.07, 6.45) is 7.26. The zero-order valence-electron chi connectivity index (χ0n) is 10.4. The maximum atomic E-state index is 11.7. The van der Waals surface area contributed by atoms with Crippen molar-refractivity contribution in [3.05, 3.63) is 33.4 Å². The molecule has 0 saturated heterocycles. The largest absolute Gasteiger partial charge is 0.466 e. The van der Waals surface area contributed by atoms with Crippen LogP contribution in [-0.4, -0.2) is 24.5 Å². The van der Waals surface area contributed by atoms with Crippen molar-refractivity contribution in [1.29, 1.82) is 0 Å². The fraction of sp³-hybridized carbons (Fsp3) is 0.615. The first-order chi connectivity index (χ1) is 8.63. The van der Waals surface area contributed by atoms with E-state index < -0.39 is 0 Å². The molecule has 0 aromatic rings. The minimum atomic E-state index is -0.295. The van der Waals surface area contributed by atoms with Crippen LogP contribution in [-0.2, 0) is 9.53 Å². The van der Waals surface area contributed by atoms with Gasteiger partial charge in [0.15, 0.2) is 0 Å². The monoisotopic (exact) mass is 251 g/mol. The second-order valence-corrected chi connectivity index (χ2v) is 4.78. The van der Waals surface area contributed by atoms with Crippen LogP contribution in [0.15, 0.2) is 23.3 Å². The van der Waals surface area contributed by atoms with E-state index in [9.17, 15) is 14.9 Å². The Hall–Kier alpha value is -1.65. The normalized spacial score (nSPS) is 24.7. The number of unbranched alkanes of at least 4 members (excludes halogenated alkanes) is 1. The van der Waals surface area contributed by atoms with Crippen molar-refractivity contribution in [1.82, 2.24) is 0 Å². The molecule has 2 rings (SSSR count). The molecule has 0 aliphatic heterocycles. The Balaban J connectivity index is 1.97. The fourth-order valence-electron chi connectivity index (χ4n) is 2.88. The summed E-state index contributed by atoms with van der Waals surface area (Å²) in [4.78, 5) is 21.7. The van der Waals surface area contributed by atoms with Crippen LogP contribution in [0.1, 0.15) is 25.7 Å². The van der Waals surface area contributed by atoms with Crippen LogP contribution in [0.25, 0.3) is 0 Å². The third kappa shape index (κ3) is 2.44. The summed E-state index contributed by atoms with van der Waals surface area (Å²) in [7, 11) is 1.40. The summed E-state index contributed by atoms with van der Waals surface area (Å²) in [5.74, 6) is 0.309. The van der Waals surface area contributed by atoms with Crippen molar-refractivity contribution in [2.45, 2.75) is 25.7 Å². The van der Waals surface area contributed by atoms with Gasteiger partial charge in [-0.2, -0.15) is 0 Å². The molecule has 18 heavy (non-hydrogen) atoms. The van der Waals surface area contributed by atoms with Crippen LogP contribution in [0, 0.1) is 22.0 Å². The number of rotatable bonds is 6. The summed E-state index contributed by atoms with van der Waals surface area (Å²) in [5.41, 5.74) is 1.93. The van der Waals surface area contributed by atoms with Crippen molar-refractivity contribution in [2.75, 3.05) is 13.7 Å². The lowest BCUT2D eigenvalue weighted by molar-refractivity contribution is -0.480. The SMILES string of the molecule is COC(=O)C1=C(CCCC[N+](=O)[O-])[C@@H]2C=C[C@H]1C2. The molecule has 0 aromatic heterocycles. The molecule has 0 spiro atoms. The molecule has 0 radical (unpaired) electrons. The van der Waals surface area contributed by atoms with Gasteiger partial charge in [0.1, 0.15) is 0 Å². The van der Waals surface area contributed by atoms with Crippen LogP contribution >= 0.6 is 0 Å². The van der Waals surface area contributed by atoms with Crippen LogP contribution in [0.3, 0.4) is 0 Å². The van der Waals surface area contributed by atoms with Gasteiger partial charge >= 0.3 is 5.97 Å². The maximum absolute atomic E-state index is 11.7. The molecule has 2 bridgehead atoms. The smallest absolute Gasteiger partial charge is 0.334 e. The van der Waals surface area contributed by atoms with Crippen LogP contribution < -0.4 is 0 Å². The maximum Gasteiger partial charge on any atom is 0.334 e. The summed E-state index contributed by atoms with van der Waals surface area (Å²) < 4.78 is 4.82. The Kier molecular flexibility index (Phi) is 3.79. The van der Waals surface area contributed by atoms with E-state index in [0.717, 1.165) is 30.4 Å². The Bertz CT molecular complexity index is 425. The minimum Gasteiger partial charge on any atom is -0.466 e. The second-order valence-electron chi connectivity index (χ2n) is 4.78. The average molecular weight is 251 g/mol. The van der Waals surface area contributed by atoms with Crippen molar-refractivity contribution in [3.63, 3.8) is 0 Å². The summed E-state index contributed by atoms with van der Waals surface area (Å²) in [5, 5.41) is 10.3.